The Balaban J connectivity index is 2.22. The van der Waals surface area contributed by atoms with Crippen molar-refractivity contribution >= 4 is 10.0 Å². The lowest BCUT2D eigenvalue weighted by molar-refractivity contribution is 0.281. The predicted molar refractivity (Wildman–Crippen MR) is 80.1 cm³/mol. The molecule has 6 heteroatoms. The molecule has 2 N–H and O–H groups in total. The van der Waals surface area contributed by atoms with Gasteiger partial charge in [-0.1, -0.05) is 30.3 Å². The Bertz CT molecular complexity index is 712. The first-order valence-corrected chi connectivity index (χ1v) is 8.06. The fourth-order valence-corrected chi connectivity index (χ4v) is 3.24. The Labute approximate surface area is 124 Å². The molecule has 0 saturated carbocycles. The number of hydrogen-bond donors (Lipinski definition) is 2. The highest BCUT2D eigenvalue weighted by molar-refractivity contribution is 7.89. The molecule has 0 fully saturated rings. The van der Waals surface area contributed by atoms with Crippen LogP contribution in [0.2, 0.25) is 0 Å². The van der Waals surface area contributed by atoms with Gasteiger partial charge in [-0.25, -0.2) is 18.1 Å². The van der Waals surface area contributed by atoms with Gasteiger partial charge in [0, 0.05) is 12.2 Å². The molecule has 0 amide bonds. The second-order valence-corrected chi connectivity index (χ2v) is 6.52. The van der Waals surface area contributed by atoms with Crippen LogP contribution in [0, 0.1) is 6.92 Å². The lowest BCUT2D eigenvalue weighted by atomic mass is 10.0. The second-order valence-electron chi connectivity index (χ2n) is 4.86. The quantitative estimate of drug-likeness (QED) is 0.884. The van der Waals surface area contributed by atoms with Gasteiger partial charge in [0.15, 0.2) is 5.03 Å². The fraction of sp³-hybridized carbons (Fsp3) is 0.267. The molecule has 0 spiro atoms. The molecule has 1 aromatic heterocycles. The molecule has 0 aliphatic carbocycles. The van der Waals surface area contributed by atoms with Crippen LogP contribution in [0.15, 0.2) is 47.6 Å². The number of aryl methyl sites for hydroxylation is 1. The largest absolute Gasteiger partial charge is 0.392 e. The smallest absolute Gasteiger partial charge is 0.258 e. The molecule has 0 aliphatic heterocycles. The first-order valence-electron chi connectivity index (χ1n) is 6.57. The third-order valence-corrected chi connectivity index (χ3v) is 4.70. The van der Waals surface area contributed by atoms with E-state index in [2.05, 4.69) is 9.71 Å². The summed E-state index contributed by atoms with van der Waals surface area (Å²) in [5.41, 5.74) is 2.52. The van der Waals surface area contributed by atoms with E-state index in [1.54, 1.807) is 13.0 Å². The number of nitrogens with zero attached hydrogens (tertiary/aromatic N) is 1. The fourth-order valence-electron chi connectivity index (χ4n) is 2.09. The van der Waals surface area contributed by atoms with Gasteiger partial charge in [0.2, 0.25) is 0 Å². The summed E-state index contributed by atoms with van der Waals surface area (Å²) in [6.07, 6.45) is 1.35. The molecule has 0 saturated heterocycles. The van der Waals surface area contributed by atoms with E-state index >= 15 is 0 Å². The van der Waals surface area contributed by atoms with Crippen molar-refractivity contribution < 1.29 is 13.5 Å². The third-order valence-electron chi connectivity index (χ3n) is 3.24. The van der Waals surface area contributed by atoms with Gasteiger partial charge < -0.3 is 5.11 Å². The molecule has 5 nitrogen and oxygen atoms in total. The first-order chi connectivity index (χ1) is 9.94. The molecule has 0 radical (unpaired) electrons. The highest BCUT2D eigenvalue weighted by Gasteiger charge is 2.20. The van der Waals surface area contributed by atoms with Crippen molar-refractivity contribution in [2.24, 2.45) is 0 Å². The number of benzene rings is 1. The molecule has 0 bridgehead atoms. The Morgan fingerprint density at radius 3 is 2.52 bits per heavy atom. The van der Waals surface area contributed by atoms with Gasteiger partial charge in [-0.3, -0.25) is 0 Å². The second kappa shape index (κ2) is 6.34. The van der Waals surface area contributed by atoms with Crippen molar-refractivity contribution in [3.63, 3.8) is 0 Å². The first kappa shape index (κ1) is 15.6. The maximum atomic E-state index is 12.3. The normalized spacial score (nSPS) is 13.1. The van der Waals surface area contributed by atoms with Crippen molar-refractivity contribution in [3.8, 4) is 0 Å². The van der Waals surface area contributed by atoms with Gasteiger partial charge in [0.05, 0.1) is 6.61 Å². The van der Waals surface area contributed by atoms with E-state index in [0.29, 0.717) is 5.56 Å². The molecule has 2 aromatic rings. The minimum atomic E-state index is -3.69. The summed E-state index contributed by atoms with van der Waals surface area (Å²) in [6, 6.07) is 10.2. The number of pyridine rings is 1. The number of nitrogens with one attached hydrogen (secondary N) is 1. The van der Waals surface area contributed by atoms with Crippen LogP contribution in [0.5, 0.6) is 0 Å². The van der Waals surface area contributed by atoms with Gasteiger partial charge in [-0.2, -0.15) is 0 Å². The average molecular weight is 306 g/mol. The van der Waals surface area contributed by atoms with Gasteiger partial charge >= 0.3 is 0 Å². The van der Waals surface area contributed by atoms with Gasteiger partial charge in [-0.15, -0.1) is 0 Å². The maximum Gasteiger partial charge on any atom is 0.258 e. The summed E-state index contributed by atoms with van der Waals surface area (Å²) in [5, 5.41) is 8.90. The van der Waals surface area contributed by atoms with Crippen molar-refractivity contribution in [2.45, 2.75) is 31.5 Å². The minimum absolute atomic E-state index is 0.0554. The monoisotopic (exact) mass is 306 g/mol. The summed E-state index contributed by atoms with van der Waals surface area (Å²) in [4.78, 5) is 3.88. The molecule has 1 atom stereocenters. The number of hydrogen-bond acceptors (Lipinski definition) is 4. The molecule has 1 aromatic carbocycles. The number of aliphatic hydroxyl groups excluding tert-OH is 1. The summed E-state index contributed by atoms with van der Waals surface area (Å²) < 4.78 is 27.2. The van der Waals surface area contributed by atoms with Crippen LogP contribution in [0.1, 0.15) is 29.7 Å². The molecule has 112 valence electrons. The van der Waals surface area contributed by atoms with Crippen LogP contribution in [-0.4, -0.2) is 18.5 Å². The standard InChI is InChI=1S/C15H18N2O3S/c1-11-5-3-4-6-14(11)12(2)17-21(19,20)15-8-7-13(10-18)9-16-15/h3-9,12,17-18H,10H2,1-2H3. The Morgan fingerprint density at radius 1 is 1.24 bits per heavy atom. The predicted octanol–water partition coefficient (Wildman–Crippen LogP) is 1.92. The number of rotatable bonds is 5. The third kappa shape index (κ3) is 3.66. The number of aromatic nitrogens is 1. The SMILES string of the molecule is Cc1ccccc1C(C)NS(=O)(=O)c1ccc(CO)cn1. The molecule has 2 rings (SSSR count). The van der Waals surface area contributed by atoms with E-state index in [1.807, 2.05) is 31.2 Å². The van der Waals surface area contributed by atoms with E-state index in [-0.39, 0.29) is 17.7 Å². The lowest BCUT2D eigenvalue weighted by Crippen LogP contribution is -2.28. The van der Waals surface area contributed by atoms with Gasteiger partial charge in [-0.05, 0) is 36.6 Å². The average Bonchev–Trinajstić information content (AvgIpc) is 2.47. The van der Waals surface area contributed by atoms with Crippen molar-refractivity contribution in [2.75, 3.05) is 0 Å². The van der Waals surface area contributed by atoms with Crippen molar-refractivity contribution in [1.82, 2.24) is 9.71 Å². The molecule has 21 heavy (non-hydrogen) atoms. The molecule has 1 unspecified atom stereocenters. The van der Waals surface area contributed by atoms with E-state index in [1.165, 1.54) is 12.3 Å². The van der Waals surface area contributed by atoms with Gasteiger partial charge in [0.1, 0.15) is 0 Å². The minimum Gasteiger partial charge on any atom is -0.392 e. The van der Waals surface area contributed by atoms with E-state index in [0.717, 1.165) is 11.1 Å². The van der Waals surface area contributed by atoms with Crippen LogP contribution >= 0.6 is 0 Å². The highest BCUT2D eigenvalue weighted by atomic mass is 32.2. The summed E-state index contributed by atoms with van der Waals surface area (Å²) in [5.74, 6) is 0. The molecule has 0 aliphatic rings. The Morgan fingerprint density at radius 2 is 1.95 bits per heavy atom. The van der Waals surface area contributed by atoms with Crippen LogP contribution < -0.4 is 4.72 Å². The van der Waals surface area contributed by atoms with Crippen LogP contribution in [0.4, 0.5) is 0 Å². The zero-order chi connectivity index (χ0) is 15.5. The molecule has 1 heterocycles. The number of sulfonamides is 1. The Hall–Kier alpha value is -1.76. The summed E-state index contributed by atoms with van der Waals surface area (Å²) in [6.45, 7) is 3.57. The zero-order valence-electron chi connectivity index (χ0n) is 11.9. The number of aliphatic hydroxyl groups is 1. The van der Waals surface area contributed by atoms with Crippen LogP contribution in [0.25, 0.3) is 0 Å². The van der Waals surface area contributed by atoms with Crippen LogP contribution in [0.3, 0.4) is 0 Å². The topological polar surface area (TPSA) is 79.3 Å². The van der Waals surface area contributed by atoms with E-state index < -0.39 is 10.0 Å². The molecular formula is C15H18N2O3S. The van der Waals surface area contributed by atoms with Crippen LogP contribution in [-0.2, 0) is 16.6 Å². The van der Waals surface area contributed by atoms with Gasteiger partial charge in [0.25, 0.3) is 10.0 Å². The van der Waals surface area contributed by atoms with Crippen molar-refractivity contribution in [3.05, 3.63) is 59.3 Å². The zero-order valence-corrected chi connectivity index (χ0v) is 12.8. The van der Waals surface area contributed by atoms with Crippen molar-refractivity contribution in [1.29, 1.82) is 0 Å². The summed E-state index contributed by atoms with van der Waals surface area (Å²) in [7, 11) is -3.69. The highest BCUT2D eigenvalue weighted by Crippen LogP contribution is 2.19. The van der Waals surface area contributed by atoms with E-state index in [4.69, 9.17) is 5.11 Å². The summed E-state index contributed by atoms with van der Waals surface area (Å²) >= 11 is 0. The maximum absolute atomic E-state index is 12.3. The Kier molecular flexibility index (Phi) is 4.72. The lowest BCUT2D eigenvalue weighted by Gasteiger charge is -2.16. The molecular weight excluding hydrogens is 288 g/mol. The van der Waals surface area contributed by atoms with E-state index in [9.17, 15) is 8.42 Å².